The van der Waals surface area contributed by atoms with Crippen molar-refractivity contribution in [1.29, 1.82) is 10.5 Å². The van der Waals surface area contributed by atoms with Crippen LogP contribution >= 0.6 is 0 Å². The van der Waals surface area contributed by atoms with Crippen molar-refractivity contribution >= 4 is 11.6 Å². The Kier molecular flexibility index (Phi) is 4.64. The maximum atomic E-state index is 13.9. The molecule has 2 heterocycles. The van der Waals surface area contributed by atoms with Crippen molar-refractivity contribution in [2.24, 2.45) is 0 Å². The van der Waals surface area contributed by atoms with Gasteiger partial charge in [-0.3, -0.25) is 4.79 Å². The van der Waals surface area contributed by atoms with Crippen LogP contribution in [0.4, 0.5) is 10.1 Å². The maximum Gasteiger partial charge on any atom is 0.240 e. The number of nitrogens with zero attached hydrogens (tertiary/aromatic N) is 3. The van der Waals surface area contributed by atoms with E-state index >= 15 is 0 Å². The predicted molar refractivity (Wildman–Crippen MR) is 85.3 cm³/mol. The summed E-state index contributed by atoms with van der Waals surface area (Å²) in [6.45, 7) is 1.17. The fourth-order valence-electron chi connectivity index (χ4n) is 3.32. The van der Waals surface area contributed by atoms with E-state index in [1.54, 1.807) is 11.0 Å². The highest BCUT2D eigenvalue weighted by atomic mass is 19.1. The Hall–Kier alpha value is -2.64. The van der Waals surface area contributed by atoms with Crippen molar-refractivity contribution in [3.63, 3.8) is 0 Å². The van der Waals surface area contributed by atoms with Gasteiger partial charge in [0, 0.05) is 19.1 Å². The van der Waals surface area contributed by atoms with Crippen LogP contribution in [0.2, 0.25) is 0 Å². The van der Waals surface area contributed by atoms with E-state index in [9.17, 15) is 9.18 Å². The molecule has 2 saturated heterocycles. The van der Waals surface area contributed by atoms with Gasteiger partial charge in [0.2, 0.25) is 5.91 Å². The Bertz CT molecular complexity index is 723. The van der Waals surface area contributed by atoms with Gasteiger partial charge in [0.1, 0.15) is 11.9 Å². The van der Waals surface area contributed by atoms with Crippen LogP contribution in [-0.2, 0) is 4.79 Å². The molecular formula is C17H18FN5O. The molecule has 2 N–H and O–H groups in total. The maximum absolute atomic E-state index is 13.9. The van der Waals surface area contributed by atoms with Crippen LogP contribution in [0, 0.1) is 28.5 Å². The molecule has 3 atom stereocenters. The molecule has 2 fully saturated rings. The van der Waals surface area contributed by atoms with Gasteiger partial charge in [0.05, 0.1) is 29.4 Å². The minimum absolute atomic E-state index is 0.0522. The fraction of sp³-hybridized carbons (Fsp3) is 0.471. The lowest BCUT2D eigenvalue weighted by Crippen LogP contribution is -2.45. The molecule has 0 aliphatic carbocycles. The zero-order chi connectivity index (χ0) is 17.1. The average Bonchev–Trinajstić information content (AvgIpc) is 3.25. The summed E-state index contributed by atoms with van der Waals surface area (Å²) in [6.07, 6.45) is 2.12. The first kappa shape index (κ1) is 16.2. The monoisotopic (exact) mass is 327 g/mol. The summed E-state index contributed by atoms with van der Waals surface area (Å²) in [5.74, 6) is -0.531. The Morgan fingerprint density at radius 1 is 1.42 bits per heavy atom. The van der Waals surface area contributed by atoms with Gasteiger partial charge in [-0.1, -0.05) is 0 Å². The molecule has 2 aliphatic heterocycles. The minimum atomic E-state index is -0.479. The normalized spacial score (nSPS) is 26.0. The zero-order valence-electron chi connectivity index (χ0n) is 13.1. The summed E-state index contributed by atoms with van der Waals surface area (Å²) < 4.78 is 13.9. The van der Waals surface area contributed by atoms with E-state index in [1.807, 2.05) is 6.07 Å². The molecule has 1 aromatic rings. The molecule has 1 amide bonds. The topological polar surface area (TPSA) is 91.9 Å². The lowest BCUT2D eigenvalue weighted by atomic mass is 10.1. The first-order valence-electron chi connectivity index (χ1n) is 8.02. The Labute approximate surface area is 139 Å². The summed E-state index contributed by atoms with van der Waals surface area (Å²) in [5.41, 5.74) is 0.595. The second-order valence-electron chi connectivity index (χ2n) is 6.16. The van der Waals surface area contributed by atoms with Crippen molar-refractivity contribution in [1.82, 2.24) is 10.2 Å². The van der Waals surface area contributed by atoms with E-state index in [0.717, 1.165) is 12.8 Å². The minimum Gasteiger partial charge on any atom is -0.379 e. The number of likely N-dealkylation sites (tertiary alicyclic amines) is 1. The predicted octanol–water partition coefficient (Wildman–Crippen LogP) is 1.35. The van der Waals surface area contributed by atoms with Crippen LogP contribution in [-0.4, -0.2) is 42.0 Å². The van der Waals surface area contributed by atoms with E-state index in [0.29, 0.717) is 25.2 Å². The molecule has 0 bridgehead atoms. The Balaban J connectivity index is 1.61. The highest BCUT2D eigenvalue weighted by Gasteiger charge is 2.37. The van der Waals surface area contributed by atoms with Crippen LogP contribution in [0.15, 0.2) is 18.2 Å². The van der Waals surface area contributed by atoms with Gasteiger partial charge in [0.15, 0.2) is 0 Å². The van der Waals surface area contributed by atoms with Crippen LogP contribution in [0.5, 0.6) is 0 Å². The molecule has 1 aromatic carbocycles. The molecule has 0 radical (unpaired) electrons. The highest BCUT2D eigenvalue weighted by molar-refractivity contribution is 5.83. The number of hydrogen-bond acceptors (Lipinski definition) is 5. The van der Waals surface area contributed by atoms with Crippen LogP contribution in [0.3, 0.4) is 0 Å². The molecule has 24 heavy (non-hydrogen) atoms. The standard InChI is InChI=1S/C17H18FN5O/c18-14-6-11(8-19)3-4-15(14)22-12-7-16(21-10-12)17(24)23-5-1-2-13(23)9-20/h3-4,6,12-13,16,21-22H,1-2,5,7,10H2/t12-,13?,16-/m0/s1. The molecule has 0 saturated carbocycles. The average molecular weight is 327 g/mol. The number of rotatable bonds is 3. The Morgan fingerprint density at radius 3 is 2.96 bits per heavy atom. The second-order valence-corrected chi connectivity index (χ2v) is 6.16. The summed E-state index contributed by atoms with van der Waals surface area (Å²) in [5, 5.41) is 24.1. The molecule has 0 spiro atoms. The lowest BCUT2D eigenvalue weighted by Gasteiger charge is -2.23. The summed E-state index contributed by atoms with van der Waals surface area (Å²) in [7, 11) is 0. The molecule has 3 rings (SSSR count). The lowest BCUT2D eigenvalue weighted by molar-refractivity contribution is -0.133. The quantitative estimate of drug-likeness (QED) is 0.874. The van der Waals surface area contributed by atoms with Gasteiger partial charge in [-0.15, -0.1) is 0 Å². The number of benzene rings is 1. The van der Waals surface area contributed by atoms with Crippen molar-refractivity contribution in [3.8, 4) is 12.1 Å². The molecule has 124 valence electrons. The third-order valence-electron chi connectivity index (χ3n) is 4.57. The molecule has 1 unspecified atom stereocenters. The zero-order valence-corrected chi connectivity index (χ0v) is 13.1. The smallest absolute Gasteiger partial charge is 0.240 e. The highest BCUT2D eigenvalue weighted by Crippen LogP contribution is 2.23. The number of nitrogens with one attached hydrogen (secondary N) is 2. The van der Waals surface area contributed by atoms with E-state index < -0.39 is 5.82 Å². The van der Waals surface area contributed by atoms with Gasteiger partial charge in [0.25, 0.3) is 0 Å². The van der Waals surface area contributed by atoms with Gasteiger partial charge in [-0.2, -0.15) is 10.5 Å². The van der Waals surface area contributed by atoms with Crippen molar-refractivity contribution < 1.29 is 9.18 Å². The number of halogens is 1. The van der Waals surface area contributed by atoms with Gasteiger partial charge in [-0.25, -0.2) is 4.39 Å². The number of carbonyl (C=O) groups excluding carboxylic acids is 1. The summed E-state index contributed by atoms with van der Waals surface area (Å²) >= 11 is 0. The van der Waals surface area contributed by atoms with Gasteiger partial charge < -0.3 is 15.5 Å². The number of nitriles is 2. The molecule has 7 heteroatoms. The molecule has 6 nitrogen and oxygen atoms in total. The number of carbonyl (C=O) groups is 1. The first-order chi connectivity index (χ1) is 11.6. The third-order valence-corrected chi connectivity index (χ3v) is 4.57. The van der Waals surface area contributed by atoms with E-state index in [4.69, 9.17) is 10.5 Å². The molecular weight excluding hydrogens is 309 g/mol. The van der Waals surface area contributed by atoms with Crippen molar-refractivity contribution in [3.05, 3.63) is 29.6 Å². The third kappa shape index (κ3) is 3.17. The van der Waals surface area contributed by atoms with Gasteiger partial charge in [-0.05, 0) is 37.5 Å². The van der Waals surface area contributed by atoms with E-state index in [1.165, 1.54) is 12.1 Å². The summed E-state index contributed by atoms with van der Waals surface area (Å²) in [6, 6.07) is 7.59. The number of anilines is 1. The molecule has 0 aromatic heterocycles. The van der Waals surface area contributed by atoms with Crippen molar-refractivity contribution in [2.75, 3.05) is 18.4 Å². The van der Waals surface area contributed by atoms with E-state index in [-0.39, 0.29) is 29.6 Å². The van der Waals surface area contributed by atoms with Crippen LogP contribution in [0.1, 0.15) is 24.8 Å². The van der Waals surface area contributed by atoms with Crippen LogP contribution in [0.25, 0.3) is 0 Å². The summed E-state index contributed by atoms with van der Waals surface area (Å²) in [4.78, 5) is 14.2. The Morgan fingerprint density at radius 2 is 2.25 bits per heavy atom. The number of amides is 1. The fourth-order valence-corrected chi connectivity index (χ4v) is 3.32. The SMILES string of the molecule is N#Cc1ccc(N[C@@H]2CN[C@H](C(=O)N3CCCC3C#N)C2)c(F)c1. The van der Waals surface area contributed by atoms with Crippen LogP contribution < -0.4 is 10.6 Å². The second kappa shape index (κ2) is 6.86. The largest absolute Gasteiger partial charge is 0.379 e. The van der Waals surface area contributed by atoms with Gasteiger partial charge >= 0.3 is 0 Å². The molecule has 2 aliphatic rings. The number of hydrogen-bond donors (Lipinski definition) is 2. The van der Waals surface area contributed by atoms with Crippen molar-refractivity contribution in [2.45, 2.75) is 37.4 Å². The van der Waals surface area contributed by atoms with E-state index in [2.05, 4.69) is 16.7 Å². The first-order valence-corrected chi connectivity index (χ1v) is 8.02.